The second-order valence-electron chi connectivity index (χ2n) is 7.02. The van der Waals surface area contributed by atoms with E-state index in [4.69, 9.17) is 0 Å². The molecule has 3 rings (SSSR count). The third-order valence-electron chi connectivity index (χ3n) is 5.55. The van der Waals surface area contributed by atoms with E-state index in [0.29, 0.717) is 5.41 Å². The number of rotatable bonds is 3. The topological polar surface area (TPSA) is 12.0 Å². The predicted octanol–water partition coefficient (Wildman–Crippen LogP) is 4.09. The van der Waals surface area contributed by atoms with Crippen molar-refractivity contribution in [2.45, 2.75) is 57.9 Å². The van der Waals surface area contributed by atoms with Crippen LogP contribution in [0.25, 0.3) is 0 Å². The Kier molecular flexibility index (Phi) is 3.21. The first-order chi connectivity index (χ1) is 9.10. The van der Waals surface area contributed by atoms with Crippen LogP contribution in [0, 0.1) is 11.8 Å². The highest BCUT2D eigenvalue weighted by atomic mass is 15.0. The quantitative estimate of drug-likeness (QED) is 0.860. The molecule has 0 heterocycles. The maximum Gasteiger partial charge on any atom is 0.0136 e. The Labute approximate surface area is 117 Å². The second kappa shape index (κ2) is 4.63. The third kappa shape index (κ3) is 1.86. The van der Waals surface area contributed by atoms with Crippen molar-refractivity contribution in [3.05, 3.63) is 35.4 Å². The van der Waals surface area contributed by atoms with Gasteiger partial charge >= 0.3 is 0 Å². The molecule has 0 aliphatic heterocycles. The number of fused-ring (bicyclic) bond motifs is 3. The van der Waals surface area contributed by atoms with Gasteiger partial charge < -0.3 is 5.32 Å². The smallest absolute Gasteiger partial charge is 0.0136 e. The summed E-state index contributed by atoms with van der Waals surface area (Å²) in [5, 5.41) is 3.75. The van der Waals surface area contributed by atoms with Gasteiger partial charge in [0.15, 0.2) is 0 Å². The van der Waals surface area contributed by atoms with Crippen LogP contribution in [0.5, 0.6) is 0 Å². The average Bonchev–Trinajstić information content (AvgIpc) is 2.39. The molecule has 0 aromatic heterocycles. The van der Waals surface area contributed by atoms with Crippen molar-refractivity contribution in [1.82, 2.24) is 5.32 Å². The van der Waals surface area contributed by atoms with Gasteiger partial charge in [0.25, 0.3) is 0 Å². The van der Waals surface area contributed by atoms with E-state index in [0.717, 1.165) is 30.3 Å². The summed E-state index contributed by atoms with van der Waals surface area (Å²) in [6.45, 7) is 10.5. The molecule has 1 aromatic carbocycles. The maximum absolute atomic E-state index is 3.75. The lowest BCUT2D eigenvalue weighted by atomic mass is 9.48. The van der Waals surface area contributed by atoms with E-state index in [2.05, 4.69) is 57.3 Å². The molecule has 1 heteroatoms. The summed E-state index contributed by atoms with van der Waals surface area (Å²) in [6.07, 6.45) is 2.64. The SMILES string of the molecule is CCNC1C(CC)C2c3ccccc3C(C)(C)CC12. The fourth-order valence-corrected chi connectivity index (χ4v) is 4.80. The molecule has 0 spiro atoms. The van der Waals surface area contributed by atoms with Gasteiger partial charge in [-0.15, -0.1) is 0 Å². The molecule has 0 amide bonds. The van der Waals surface area contributed by atoms with Crippen molar-refractivity contribution in [1.29, 1.82) is 0 Å². The fourth-order valence-electron chi connectivity index (χ4n) is 4.80. The molecule has 1 nitrogen and oxygen atoms in total. The first-order valence-corrected chi connectivity index (χ1v) is 7.93. The average molecular weight is 257 g/mol. The molecule has 4 atom stereocenters. The Hall–Kier alpha value is -0.820. The molecule has 0 bridgehead atoms. The minimum atomic E-state index is 0.337. The summed E-state index contributed by atoms with van der Waals surface area (Å²) in [5.74, 6) is 2.48. The molecule has 2 aliphatic rings. The summed E-state index contributed by atoms with van der Waals surface area (Å²) >= 11 is 0. The monoisotopic (exact) mass is 257 g/mol. The molecule has 0 radical (unpaired) electrons. The zero-order valence-corrected chi connectivity index (χ0v) is 12.7. The Morgan fingerprint density at radius 2 is 1.95 bits per heavy atom. The first kappa shape index (κ1) is 13.2. The standard InChI is InChI=1S/C18H27N/c1-5-12-16-13-9-7-8-10-15(13)18(3,4)11-14(16)17(12)19-6-2/h7-10,12,14,16-17,19H,5-6,11H2,1-4H3. The minimum absolute atomic E-state index is 0.337. The fraction of sp³-hybridized carbons (Fsp3) is 0.667. The Morgan fingerprint density at radius 1 is 1.21 bits per heavy atom. The molecule has 1 aromatic rings. The summed E-state index contributed by atoms with van der Waals surface area (Å²) in [6, 6.07) is 9.93. The van der Waals surface area contributed by atoms with Crippen LogP contribution in [0.3, 0.4) is 0 Å². The summed E-state index contributed by atoms with van der Waals surface area (Å²) in [7, 11) is 0. The molecule has 1 fully saturated rings. The van der Waals surface area contributed by atoms with Gasteiger partial charge in [-0.3, -0.25) is 0 Å². The summed E-state index contributed by atoms with van der Waals surface area (Å²) in [5.41, 5.74) is 3.58. The van der Waals surface area contributed by atoms with E-state index in [1.807, 2.05) is 0 Å². The van der Waals surface area contributed by atoms with Crippen molar-refractivity contribution >= 4 is 0 Å². The summed E-state index contributed by atoms with van der Waals surface area (Å²) < 4.78 is 0. The van der Waals surface area contributed by atoms with Gasteiger partial charge in [0.2, 0.25) is 0 Å². The van der Waals surface area contributed by atoms with Crippen molar-refractivity contribution in [3.63, 3.8) is 0 Å². The zero-order valence-electron chi connectivity index (χ0n) is 12.7. The largest absolute Gasteiger partial charge is 0.314 e. The van der Waals surface area contributed by atoms with Crippen LogP contribution in [0.4, 0.5) is 0 Å². The first-order valence-electron chi connectivity index (χ1n) is 7.93. The predicted molar refractivity (Wildman–Crippen MR) is 81.6 cm³/mol. The van der Waals surface area contributed by atoms with Crippen LogP contribution in [0.15, 0.2) is 24.3 Å². The maximum atomic E-state index is 3.75. The van der Waals surface area contributed by atoms with Crippen LogP contribution >= 0.6 is 0 Å². The summed E-state index contributed by atoms with van der Waals surface area (Å²) in [4.78, 5) is 0. The van der Waals surface area contributed by atoms with Gasteiger partial charge in [-0.2, -0.15) is 0 Å². The second-order valence-corrected chi connectivity index (χ2v) is 7.02. The van der Waals surface area contributed by atoms with E-state index in [-0.39, 0.29) is 0 Å². The van der Waals surface area contributed by atoms with Crippen molar-refractivity contribution in [2.75, 3.05) is 6.54 Å². The van der Waals surface area contributed by atoms with Gasteiger partial charge in [0, 0.05) is 6.04 Å². The van der Waals surface area contributed by atoms with Crippen LogP contribution in [-0.4, -0.2) is 12.6 Å². The molecule has 2 aliphatic carbocycles. The number of nitrogens with one attached hydrogen (secondary N) is 1. The van der Waals surface area contributed by atoms with E-state index >= 15 is 0 Å². The van der Waals surface area contributed by atoms with E-state index in [9.17, 15) is 0 Å². The molecular formula is C18H27N. The Balaban J connectivity index is 2.00. The van der Waals surface area contributed by atoms with Crippen LogP contribution in [0.2, 0.25) is 0 Å². The Morgan fingerprint density at radius 3 is 2.63 bits per heavy atom. The highest BCUT2D eigenvalue weighted by molar-refractivity contribution is 5.42. The van der Waals surface area contributed by atoms with Crippen LogP contribution in [0.1, 0.15) is 57.6 Å². The van der Waals surface area contributed by atoms with Crippen molar-refractivity contribution < 1.29 is 0 Å². The lowest BCUT2D eigenvalue weighted by Gasteiger charge is -2.59. The minimum Gasteiger partial charge on any atom is -0.314 e. The third-order valence-corrected chi connectivity index (χ3v) is 5.55. The van der Waals surface area contributed by atoms with Crippen molar-refractivity contribution in [3.8, 4) is 0 Å². The molecule has 104 valence electrons. The van der Waals surface area contributed by atoms with Gasteiger partial charge in [-0.1, -0.05) is 58.4 Å². The van der Waals surface area contributed by atoms with Crippen molar-refractivity contribution in [2.24, 2.45) is 11.8 Å². The normalized spacial score (nSPS) is 35.2. The molecule has 0 saturated heterocycles. The van der Waals surface area contributed by atoms with Crippen LogP contribution < -0.4 is 5.32 Å². The number of benzene rings is 1. The molecule has 1 saturated carbocycles. The van der Waals surface area contributed by atoms with Gasteiger partial charge in [0.05, 0.1) is 0 Å². The van der Waals surface area contributed by atoms with Gasteiger partial charge in [-0.05, 0) is 47.3 Å². The number of hydrogen-bond acceptors (Lipinski definition) is 1. The van der Waals surface area contributed by atoms with E-state index < -0.39 is 0 Å². The van der Waals surface area contributed by atoms with Crippen LogP contribution in [-0.2, 0) is 5.41 Å². The lowest BCUT2D eigenvalue weighted by molar-refractivity contribution is 0.0314. The lowest BCUT2D eigenvalue weighted by Crippen LogP contribution is -2.60. The Bertz CT molecular complexity index is 463. The molecule has 19 heavy (non-hydrogen) atoms. The molecule has 1 N–H and O–H groups in total. The molecular weight excluding hydrogens is 230 g/mol. The van der Waals surface area contributed by atoms with Gasteiger partial charge in [0.1, 0.15) is 0 Å². The van der Waals surface area contributed by atoms with E-state index in [1.165, 1.54) is 12.8 Å². The van der Waals surface area contributed by atoms with E-state index in [1.54, 1.807) is 11.1 Å². The molecule has 4 unspecified atom stereocenters. The highest BCUT2D eigenvalue weighted by Crippen LogP contribution is 2.59. The zero-order chi connectivity index (χ0) is 13.6. The van der Waals surface area contributed by atoms with Gasteiger partial charge in [-0.25, -0.2) is 0 Å². The number of hydrogen-bond donors (Lipinski definition) is 1. The highest BCUT2D eigenvalue weighted by Gasteiger charge is 2.54.